The monoisotopic (exact) mass is 331 g/mol. The van der Waals surface area contributed by atoms with Crippen LogP contribution >= 0.6 is 0 Å². The molecule has 2 aromatic rings. The maximum Gasteiger partial charge on any atom is 0.337 e. The van der Waals surface area contributed by atoms with Gasteiger partial charge >= 0.3 is 5.97 Å². The number of anilines is 1. The fourth-order valence-electron chi connectivity index (χ4n) is 1.89. The molecule has 9 heteroatoms. The summed E-state index contributed by atoms with van der Waals surface area (Å²) in [5.41, 5.74) is 0.896. The van der Waals surface area contributed by atoms with Gasteiger partial charge in [-0.25, -0.2) is 9.48 Å². The number of rotatable bonds is 5. The minimum absolute atomic E-state index is 0.0153. The van der Waals surface area contributed by atoms with Crippen molar-refractivity contribution < 1.29 is 19.5 Å². The van der Waals surface area contributed by atoms with E-state index in [1.165, 1.54) is 27.9 Å². The maximum atomic E-state index is 12.2. The smallest absolute Gasteiger partial charge is 0.337 e. The van der Waals surface area contributed by atoms with Gasteiger partial charge in [-0.15, -0.1) is 5.10 Å². The molecule has 0 fully saturated rings. The van der Waals surface area contributed by atoms with E-state index in [9.17, 15) is 19.5 Å². The van der Waals surface area contributed by atoms with Crippen LogP contribution in [0.1, 0.15) is 26.4 Å². The molecule has 0 unspecified atom stereocenters. The van der Waals surface area contributed by atoms with Gasteiger partial charge in [0.05, 0.1) is 17.4 Å². The Bertz CT molecular complexity index is 797. The summed E-state index contributed by atoms with van der Waals surface area (Å²) in [7, 11) is 3.22. The molecule has 2 rings (SSSR count). The fraction of sp³-hybridized carbons (Fsp3) is 0.267. The molecule has 126 valence electrons. The molecule has 0 bridgehead atoms. The number of amides is 2. The first-order chi connectivity index (χ1) is 11.3. The van der Waals surface area contributed by atoms with Gasteiger partial charge in [0.25, 0.3) is 5.91 Å². The highest BCUT2D eigenvalue weighted by atomic mass is 16.4. The molecular formula is C15H17N5O4. The highest BCUT2D eigenvalue weighted by molar-refractivity contribution is 6.06. The Morgan fingerprint density at radius 3 is 2.62 bits per heavy atom. The Labute approximate surface area is 137 Å². The van der Waals surface area contributed by atoms with Crippen LogP contribution in [0, 0.1) is 6.92 Å². The van der Waals surface area contributed by atoms with E-state index in [1.54, 1.807) is 27.1 Å². The van der Waals surface area contributed by atoms with Crippen molar-refractivity contribution in [2.45, 2.75) is 13.5 Å². The van der Waals surface area contributed by atoms with E-state index in [0.29, 0.717) is 0 Å². The minimum Gasteiger partial charge on any atom is -0.478 e. The Kier molecular flexibility index (Phi) is 4.93. The van der Waals surface area contributed by atoms with Crippen molar-refractivity contribution >= 4 is 23.5 Å². The average molecular weight is 331 g/mol. The second-order valence-corrected chi connectivity index (χ2v) is 5.40. The number of benzene rings is 1. The molecule has 0 aliphatic carbocycles. The van der Waals surface area contributed by atoms with Crippen molar-refractivity contribution in [3.05, 3.63) is 41.2 Å². The predicted molar refractivity (Wildman–Crippen MR) is 84.8 cm³/mol. The molecule has 2 N–H and O–H groups in total. The highest BCUT2D eigenvalue weighted by Crippen LogP contribution is 2.18. The van der Waals surface area contributed by atoms with E-state index >= 15 is 0 Å². The summed E-state index contributed by atoms with van der Waals surface area (Å²) in [5, 5.41) is 19.1. The summed E-state index contributed by atoms with van der Waals surface area (Å²) < 4.78 is 1.24. The van der Waals surface area contributed by atoms with Gasteiger partial charge in [-0.3, -0.25) is 9.59 Å². The number of carboxylic acid groups (broad SMARTS) is 1. The van der Waals surface area contributed by atoms with Gasteiger partial charge < -0.3 is 15.3 Å². The number of carboxylic acids is 1. The van der Waals surface area contributed by atoms with Crippen LogP contribution in [0.15, 0.2) is 24.4 Å². The quantitative estimate of drug-likeness (QED) is 0.829. The van der Waals surface area contributed by atoms with Crippen LogP contribution in [0.5, 0.6) is 0 Å². The lowest BCUT2D eigenvalue weighted by Gasteiger charge is -2.09. The molecule has 0 saturated heterocycles. The van der Waals surface area contributed by atoms with Gasteiger partial charge in [-0.05, 0) is 19.1 Å². The van der Waals surface area contributed by atoms with Crippen molar-refractivity contribution in [2.24, 2.45) is 0 Å². The van der Waals surface area contributed by atoms with Crippen LogP contribution in [0.25, 0.3) is 0 Å². The molecular weight excluding hydrogens is 314 g/mol. The van der Waals surface area contributed by atoms with Crippen molar-refractivity contribution in [3.8, 4) is 0 Å². The van der Waals surface area contributed by atoms with Crippen LogP contribution in [-0.4, -0.2) is 56.9 Å². The topological polar surface area (TPSA) is 117 Å². The fourth-order valence-corrected chi connectivity index (χ4v) is 1.89. The first kappa shape index (κ1) is 17.1. The Balaban J connectivity index is 2.15. The van der Waals surface area contributed by atoms with E-state index < -0.39 is 11.9 Å². The predicted octanol–water partition coefficient (Wildman–Crippen LogP) is 0.625. The Hall–Kier alpha value is -3.23. The van der Waals surface area contributed by atoms with E-state index in [2.05, 4.69) is 15.6 Å². The van der Waals surface area contributed by atoms with Gasteiger partial charge in [0.2, 0.25) is 5.91 Å². The van der Waals surface area contributed by atoms with Crippen molar-refractivity contribution in [2.75, 3.05) is 19.4 Å². The molecule has 0 spiro atoms. The average Bonchev–Trinajstić information content (AvgIpc) is 2.97. The number of carbonyl (C=O) groups excluding carboxylic acids is 2. The SMILES string of the molecule is Cc1ccc(NC(=O)c2cn(CC(=O)N(C)C)nn2)c(C(=O)O)c1. The lowest BCUT2D eigenvalue weighted by atomic mass is 10.1. The van der Waals surface area contributed by atoms with E-state index in [0.717, 1.165) is 5.56 Å². The molecule has 1 heterocycles. The molecule has 24 heavy (non-hydrogen) atoms. The molecule has 0 radical (unpaired) electrons. The second-order valence-electron chi connectivity index (χ2n) is 5.40. The molecule has 9 nitrogen and oxygen atoms in total. The number of aromatic carboxylic acids is 1. The van der Waals surface area contributed by atoms with Gasteiger partial charge in [0, 0.05) is 14.1 Å². The number of nitrogens with one attached hydrogen (secondary N) is 1. The van der Waals surface area contributed by atoms with Crippen LogP contribution in [-0.2, 0) is 11.3 Å². The summed E-state index contributed by atoms with van der Waals surface area (Å²) >= 11 is 0. The second kappa shape index (κ2) is 6.90. The standard InChI is InChI=1S/C15H17N5O4/c1-9-4-5-11(10(6-9)15(23)24)16-14(22)12-7-20(18-17-12)8-13(21)19(2)3/h4-7H,8H2,1-3H3,(H,16,22)(H,23,24). The number of aromatic nitrogens is 3. The summed E-state index contributed by atoms with van der Waals surface area (Å²) in [4.78, 5) is 36.4. The van der Waals surface area contributed by atoms with Gasteiger partial charge in [0.15, 0.2) is 5.69 Å². The third-order valence-electron chi connectivity index (χ3n) is 3.22. The van der Waals surface area contributed by atoms with E-state index in [-0.39, 0.29) is 29.4 Å². The maximum absolute atomic E-state index is 12.2. The zero-order valence-electron chi connectivity index (χ0n) is 13.5. The number of hydrogen-bond acceptors (Lipinski definition) is 5. The van der Waals surface area contributed by atoms with Gasteiger partial charge in [0.1, 0.15) is 6.54 Å². The number of nitrogens with zero attached hydrogens (tertiary/aromatic N) is 4. The van der Waals surface area contributed by atoms with Crippen molar-refractivity contribution in [3.63, 3.8) is 0 Å². The van der Waals surface area contributed by atoms with Crippen LogP contribution in [0.4, 0.5) is 5.69 Å². The molecule has 2 amide bonds. The van der Waals surface area contributed by atoms with E-state index in [1.807, 2.05) is 0 Å². The summed E-state index contributed by atoms with van der Waals surface area (Å²) in [6, 6.07) is 4.66. The van der Waals surface area contributed by atoms with Crippen molar-refractivity contribution in [1.82, 2.24) is 19.9 Å². The zero-order chi connectivity index (χ0) is 17.9. The normalized spacial score (nSPS) is 10.3. The summed E-state index contributed by atoms with van der Waals surface area (Å²) in [6.07, 6.45) is 1.32. The van der Waals surface area contributed by atoms with Crippen LogP contribution in [0.3, 0.4) is 0 Å². The lowest BCUT2D eigenvalue weighted by Crippen LogP contribution is -2.26. The number of likely N-dealkylation sites (N-methyl/N-ethyl adjacent to an activating group) is 1. The van der Waals surface area contributed by atoms with Crippen LogP contribution in [0.2, 0.25) is 0 Å². The molecule has 0 atom stereocenters. The van der Waals surface area contributed by atoms with Crippen LogP contribution < -0.4 is 5.32 Å². The number of carbonyl (C=O) groups is 3. The Morgan fingerprint density at radius 2 is 2.00 bits per heavy atom. The van der Waals surface area contributed by atoms with Gasteiger partial charge in [-0.2, -0.15) is 0 Å². The molecule has 0 aliphatic heterocycles. The molecule has 0 saturated carbocycles. The highest BCUT2D eigenvalue weighted by Gasteiger charge is 2.17. The Morgan fingerprint density at radius 1 is 1.29 bits per heavy atom. The summed E-state index contributed by atoms with van der Waals surface area (Å²) in [6.45, 7) is 1.71. The third kappa shape index (κ3) is 3.94. The van der Waals surface area contributed by atoms with Crippen molar-refractivity contribution in [1.29, 1.82) is 0 Å². The molecule has 0 aliphatic rings. The zero-order valence-corrected chi connectivity index (χ0v) is 13.5. The third-order valence-corrected chi connectivity index (χ3v) is 3.22. The minimum atomic E-state index is -1.14. The number of aryl methyl sites for hydroxylation is 1. The largest absolute Gasteiger partial charge is 0.478 e. The lowest BCUT2D eigenvalue weighted by molar-refractivity contribution is -0.129. The summed E-state index contributed by atoms with van der Waals surface area (Å²) in [5.74, 6) is -1.95. The van der Waals surface area contributed by atoms with Gasteiger partial charge in [-0.1, -0.05) is 16.8 Å². The first-order valence-electron chi connectivity index (χ1n) is 7.03. The number of hydrogen-bond donors (Lipinski definition) is 2. The van der Waals surface area contributed by atoms with E-state index in [4.69, 9.17) is 0 Å². The first-order valence-corrected chi connectivity index (χ1v) is 7.03. The molecule has 1 aromatic heterocycles. The molecule has 1 aromatic carbocycles.